The van der Waals surface area contributed by atoms with Crippen molar-refractivity contribution in [2.24, 2.45) is 4.99 Å². The summed E-state index contributed by atoms with van der Waals surface area (Å²) in [6, 6.07) is 4.24. The third-order valence-electron chi connectivity index (χ3n) is 2.29. The number of thiophene rings is 1. The molecule has 0 spiro atoms. The Hall–Kier alpha value is -0.340. The average Bonchev–Trinajstić information content (AvgIpc) is 2.85. The number of nitrogens with zero attached hydrogens (tertiary/aromatic N) is 1. The van der Waals surface area contributed by atoms with Crippen molar-refractivity contribution in [2.75, 3.05) is 33.9 Å². The molecule has 0 atom stereocenters. The Bertz CT molecular complexity index is 317. The highest BCUT2D eigenvalue weighted by Gasteiger charge is 1.97. The molecule has 0 aliphatic heterocycles. The van der Waals surface area contributed by atoms with Crippen LogP contribution in [0.15, 0.2) is 22.5 Å². The van der Waals surface area contributed by atoms with Crippen LogP contribution in [0.1, 0.15) is 11.3 Å². The van der Waals surface area contributed by atoms with E-state index >= 15 is 0 Å². The number of ether oxygens (including phenoxy) is 1. The smallest absolute Gasteiger partial charge is 0.190 e. The summed E-state index contributed by atoms with van der Waals surface area (Å²) in [4.78, 5) is 5.56. The van der Waals surface area contributed by atoms with E-state index in [0.717, 1.165) is 38.5 Å². The van der Waals surface area contributed by atoms with Crippen LogP contribution < -0.4 is 10.6 Å². The molecule has 1 aromatic heterocycles. The molecule has 0 saturated heterocycles. The van der Waals surface area contributed by atoms with Crippen LogP contribution in [-0.2, 0) is 11.2 Å². The number of rotatable bonds is 7. The lowest BCUT2D eigenvalue weighted by molar-refractivity contribution is 0.195. The Kier molecular flexibility index (Phi) is 11.5. The summed E-state index contributed by atoms with van der Waals surface area (Å²) >= 11 is 1.79. The van der Waals surface area contributed by atoms with Crippen molar-refractivity contribution < 1.29 is 4.74 Å². The monoisotopic (exact) mass is 383 g/mol. The van der Waals surface area contributed by atoms with Crippen LogP contribution >= 0.6 is 35.3 Å². The van der Waals surface area contributed by atoms with Gasteiger partial charge < -0.3 is 15.4 Å². The lowest BCUT2D eigenvalue weighted by atomic mass is 10.3. The highest BCUT2D eigenvalue weighted by atomic mass is 127. The van der Waals surface area contributed by atoms with Gasteiger partial charge in [-0.3, -0.25) is 4.99 Å². The minimum Gasteiger partial charge on any atom is -0.385 e. The van der Waals surface area contributed by atoms with Gasteiger partial charge in [0.2, 0.25) is 0 Å². The van der Waals surface area contributed by atoms with Gasteiger partial charge in [0.05, 0.1) is 0 Å². The molecule has 0 bridgehead atoms. The van der Waals surface area contributed by atoms with Crippen LogP contribution in [0.3, 0.4) is 0 Å². The molecule has 2 N–H and O–H groups in total. The molecule has 0 amide bonds. The summed E-state index contributed by atoms with van der Waals surface area (Å²) in [6.45, 7) is 2.57. The Morgan fingerprint density at radius 1 is 1.39 bits per heavy atom. The van der Waals surface area contributed by atoms with E-state index in [2.05, 4.69) is 33.1 Å². The van der Waals surface area contributed by atoms with Crippen LogP contribution in [0.5, 0.6) is 0 Å². The Morgan fingerprint density at radius 3 is 2.78 bits per heavy atom. The van der Waals surface area contributed by atoms with Crippen molar-refractivity contribution in [3.63, 3.8) is 0 Å². The zero-order chi connectivity index (χ0) is 12.3. The zero-order valence-corrected chi connectivity index (χ0v) is 14.1. The Morgan fingerprint density at radius 2 is 2.17 bits per heavy atom. The van der Waals surface area contributed by atoms with Gasteiger partial charge in [0, 0.05) is 38.7 Å². The predicted molar refractivity (Wildman–Crippen MR) is 89.3 cm³/mol. The second kappa shape index (κ2) is 11.7. The summed E-state index contributed by atoms with van der Waals surface area (Å²) in [5, 5.41) is 8.64. The fraction of sp³-hybridized carbons (Fsp3) is 0.583. The minimum absolute atomic E-state index is 0. The molecule has 0 aromatic carbocycles. The van der Waals surface area contributed by atoms with Crippen molar-refractivity contribution in [2.45, 2.75) is 12.8 Å². The van der Waals surface area contributed by atoms with Crippen LogP contribution in [0.2, 0.25) is 0 Å². The lowest BCUT2D eigenvalue weighted by Crippen LogP contribution is -2.38. The number of hydrogen-bond donors (Lipinski definition) is 2. The van der Waals surface area contributed by atoms with E-state index in [1.807, 2.05) is 0 Å². The highest BCUT2D eigenvalue weighted by Crippen LogP contribution is 2.07. The summed E-state index contributed by atoms with van der Waals surface area (Å²) in [6.07, 6.45) is 2.03. The maximum atomic E-state index is 4.99. The molecule has 0 saturated carbocycles. The number of methoxy groups -OCH3 is 1. The molecule has 1 heterocycles. The number of nitrogens with one attached hydrogen (secondary N) is 2. The van der Waals surface area contributed by atoms with Crippen LogP contribution in [0.25, 0.3) is 0 Å². The first-order chi connectivity index (χ1) is 8.36. The topological polar surface area (TPSA) is 45.7 Å². The number of aliphatic imine (C=N–C) groups is 1. The Balaban J connectivity index is 0.00000289. The Labute approximate surface area is 130 Å². The standard InChI is InChI=1S/C12H21N3OS.HI/c1-13-12(14-7-4-9-16-2)15-8-6-11-5-3-10-17-11;/h3,5,10H,4,6-9H2,1-2H3,(H2,13,14,15);1H. The molecule has 4 nitrogen and oxygen atoms in total. The maximum Gasteiger partial charge on any atom is 0.190 e. The van der Waals surface area contributed by atoms with Gasteiger partial charge in [-0.15, -0.1) is 35.3 Å². The van der Waals surface area contributed by atoms with Gasteiger partial charge >= 0.3 is 0 Å². The quantitative estimate of drug-likeness (QED) is 0.328. The number of hydrogen-bond acceptors (Lipinski definition) is 3. The maximum absolute atomic E-state index is 4.99. The van der Waals surface area contributed by atoms with Gasteiger partial charge in [0.25, 0.3) is 0 Å². The molecule has 1 aromatic rings. The van der Waals surface area contributed by atoms with E-state index in [1.165, 1.54) is 4.88 Å². The van der Waals surface area contributed by atoms with Crippen LogP contribution in [-0.4, -0.2) is 39.8 Å². The van der Waals surface area contributed by atoms with Gasteiger partial charge in [0.15, 0.2) is 5.96 Å². The minimum atomic E-state index is 0. The van der Waals surface area contributed by atoms with Gasteiger partial charge in [-0.1, -0.05) is 6.07 Å². The first-order valence-electron chi connectivity index (χ1n) is 5.82. The molecular weight excluding hydrogens is 361 g/mol. The normalized spacial score (nSPS) is 10.9. The predicted octanol–water partition coefficient (Wildman–Crippen LogP) is 2.11. The van der Waals surface area contributed by atoms with Crippen LogP contribution in [0.4, 0.5) is 0 Å². The van der Waals surface area contributed by atoms with E-state index in [9.17, 15) is 0 Å². The van der Waals surface area contributed by atoms with Gasteiger partial charge in [-0.2, -0.15) is 0 Å². The van der Waals surface area contributed by atoms with Crippen LogP contribution in [0, 0.1) is 0 Å². The van der Waals surface area contributed by atoms with Gasteiger partial charge in [0.1, 0.15) is 0 Å². The van der Waals surface area contributed by atoms with Gasteiger partial charge in [-0.25, -0.2) is 0 Å². The highest BCUT2D eigenvalue weighted by molar-refractivity contribution is 14.0. The molecular formula is C12H22IN3OS. The van der Waals surface area contributed by atoms with E-state index < -0.39 is 0 Å². The molecule has 18 heavy (non-hydrogen) atoms. The fourth-order valence-electron chi connectivity index (χ4n) is 1.40. The third kappa shape index (κ3) is 7.88. The second-order valence-electron chi connectivity index (χ2n) is 3.60. The van der Waals surface area contributed by atoms with Crippen molar-refractivity contribution in [3.8, 4) is 0 Å². The first kappa shape index (κ1) is 17.7. The average molecular weight is 383 g/mol. The molecule has 0 aliphatic rings. The van der Waals surface area contributed by atoms with E-state index in [0.29, 0.717) is 0 Å². The van der Waals surface area contributed by atoms with Crippen molar-refractivity contribution in [1.29, 1.82) is 0 Å². The van der Waals surface area contributed by atoms with E-state index in [-0.39, 0.29) is 24.0 Å². The van der Waals surface area contributed by atoms with Crippen molar-refractivity contribution >= 4 is 41.3 Å². The summed E-state index contributed by atoms with van der Waals surface area (Å²) < 4.78 is 4.99. The second-order valence-corrected chi connectivity index (χ2v) is 4.63. The molecule has 1 rings (SSSR count). The molecule has 6 heteroatoms. The summed E-state index contributed by atoms with van der Waals surface area (Å²) in [7, 11) is 3.50. The van der Waals surface area contributed by atoms with Gasteiger partial charge in [-0.05, 0) is 24.3 Å². The molecule has 104 valence electrons. The van der Waals surface area contributed by atoms with Crippen molar-refractivity contribution in [1.82, 2.24) is 10.6 Å². The summed E-state index contributed by atoms with van der Waals surface area (Å²) in [5.41, 5.74) is 0. The molecule has 0 radical (unpaired) electrons. The van der Waals surface area contributed by atoms with E-state index in [4.69, 9.17) is 4.74 Å². The van der Waals surface area contributed by atoms with Crippen molar-refractivity contribution in [3.05, 3.63) is 22.4 Å². The molecule has 0 unspecified atom stereocenters. The lowest BCUT2D eigenvalue weighted by Gasteiger charge is -2.11. The third-order valence-corrected chi connectivity index (χ3v) is 3.22. The number of halogens is 1. The largest absolute Gasteiger partial charge is 0.385 e. The van der Waals surface area contributed by atoms with E-state index in [1.54, 1.807) is 25.5 Å². The fourth-order valence-corrected chi connectivity index (χ4v) is 2.11. The first-order valence-corrected chi connectivity index (χ1v) is 6.70. The zero-order valence-electron chi connectivity index (χ0n) is 10.9. The molecule has 0 fully saturated rings. The SMILES string of the molecule is CN=C(NCCCOC)NCCc1cccs1.I. The summed E-state index contributed by atoms with van der Waals surface area (Å²) in [5.74, 6) is 0.859. The molecule has 0 aliphatic carbocycles. The number of guanidine groups is 1.